The molecule has 24 heavy (non-hydrogen) atoms. The number of sulfonamides is 1. The Balaban J connectivity index is 2.27. The monoisotopic (exact) mass is 388 g/mol. The van der Waals surface area contributed by atoms with Crippen LogP contribution in [0.2, 0.25) is 5.02 Å². The zero-order chi connectivity index (χ0) is 17.7. The molecule has 2 aromatic rings. The van der Waals surface area contributed by atoms with E-state index < -0.39 is 10.0 Å². The Bertz CT molecular complexity index is 803. The van der Waals surface area contributed by atoms with Crippen LogP contribution in [0.25, 0.3) is 0 Å². The molecule has 0 radical (unpaired) electrons. The molecular formula is C15H17ClN2O4S2. The fraction of sp³-hybridized carbons (Fsp3) is 0.267. The average Bonchev–Trinajstić information content (AvgIpc) is 3.04. The minimum absolute atomic E-state index is 0.103. The summed E-state index contributed by atoms with van der Waals surface area (Å²) in [6.07, 6.45) is 0. The first-order chi connectivity index (χ1) is 11.4. The van der Waals surface area contributed by atoms with Gasteiger partial charge in [0.1, 0.15) is 4.88 Å². The SMILES string of the molecule is COCCNC(=O)c1sccc1N(C)S(=O)(=O)c1ccc(Cl)cc1. The molecule has 0 unspecified atom stereocenters. The molecule has 0 saturated heterocycles. The van der Waals surface area contributed by atoms with E-state index in [4.69, 9.17) is 16.3 Å². The molecule has 0 atom stereocenters. The van der Waals surface area contributed by atoms with Crippen molar-refractivity contribution in [1.82, 2.24) is 5.32 Å². The summed E-state index contributed by atoms with van der Waals surface area (Å²) in [5.41, 5.74) is 0.324. The molecule has 0 aliphatic heterocycles. The van der Waals surface area contributed by atoms with Crippen molar-refractivity contribution in [3.63, 3.8) is 0 Å². The van der Waals surface area contributed by atoms with Crippen LogP contribution in [0.15, 0.2) is 40.6 Å². The molecule has 0 saturated carbocycles. The standard InChI is InChI=1S/C15H17ClN2O4S2/c1-18(24(20,21)12-5-3-11(16)4-6-12)13-7-10-23-14(13)15(19)17-8-9-22-2/h3-7,10H,8-9H2,1-2H3,(H,17,19). The number of nitrogens with zero attached hydrogens (tertiary/aromatic N) is 1. The molecular weight excluding hydrogens is 372 g/mol. The van der Waals surface area contributed by atoms with Crippen molar-refractivity contribution >= 4 is 44.6 Å². The number of carbonyl (C=O) groups is 1. The second-order valence-corrected chi connectivity index (χ2v) is 8.13. The maximum absolute atomic E-state index is 12.7. The highest BCUT2D eigenvalue weighted by Crippen LogP contribution is 2.30. The van der Waals surface area contributed by atoms with E-state index in [1.807, 2.05) is 0 Å². The lowest BCUT2D eigenvalue weighted by Gasteiger charge is -2.19. The van der Waals surface area contributed by atoms with Crippen molar-refractivity contribution in [1.29, 1.82) is 0 Å². The molecule has 0 bridgehead atoms. The van der Waals surface area contributed by atoms with Crippen LogP contribution in [0.1, 0.15) is 9.67 Å². The molecule has 0 aliphatic rings. The summed E-state index contributed by atoms with van der Waals surface area (Å²) >= 11 is 6.98. The molecule has 0 aliphatic carbocycles. The van der Waals surface area contributed by atoms with Gasteiger partial charge in [0, 0.05) is 25.7 Å². The maximum atomic E-state index is 12.7. The predicted molar refractivity (Wildman–Crippen MR) is 95.6 cm³/mol. The Kier molecular flexibility index (Phi) is 6.22. The largest absolute Gasteiger partial charge is 0.383 e. The third kappa shape index (κ3) is 4.07. The van der Waals surface area contributed by atoms with Gasteiger partial charge in [-0.2, -0.15) is 0 Å². The van der Waals surface area contributed by atoms with Gasteiger partial charge in [-0.3, -0.25) is 9.10 Å². The third-order valence-electron chi connectivity index (χ3n) is 3.25. The number of anilines is 1. The second kappa shape index (κ2) is 7.98. The summed E-state index contributed by atoms with van der Waals surface area (Å²) in [5, 5.41) is 4.81. The number of nitrogens with one attached hydrogen (secondary N) is 1. The molecule has 1 N–H and O–H groups in total. The fourth-order valence-electron chi connectivity index (χ4n) is 1.96. The van der Waals surface area contributed by atoms with E-state index in [0.717, 1.165) is 4.31 Å². The normalized spacial score (nSPS) is 11.3. The van der Waals surface area contributed by atoms with Crippen molar-refractivity contribution in [2.45, 2.75) is 4.90 Å². The number of benzene rings is 1. The topological polar surface area (TPSA) is 75.7 Å². The van der Waals surface area contributed by atoms with Gasteiger partial charge >= 0.3 is 0 Å². The molecule has 6 nitrogen and oxygen atoms in total. The number of hydrogen-bond donors (Lipinski definition) is 1. The van der Waals surface area contributed by atoms with Crippen molar-refractivity contribution in [2.75, 3.05) is 31.6 Å². The Morgan fingerprint density at radius 1 is 1.29 bits per heavy atom. The Hall–Kier alpha value is -1.61. The zero-order valence-corrected chi connectivity index (χ0v) is 15.5. The van der Waals surface area contributed by atoms with Crippen LogP contribution in [-0.4, -0.2) is 41.6 Å². The number of ether oxygens (including phenoxy) is 1. The maximum Gasteiger partial charge on any atom is 0.264 e. The zero-order valence-electron chi connectivity index (χ0n) is 13.2. The molecule has 9 heteroatoms. The van der Waals surface area contributed by atoms with Crippen LogP contribution >= 0.6 is 22.9 Å². The number of carbonyl (C=O) groups excluding carboxylic acids is 1. The van der Waals surface area contributed by atoms with Crippen molar-refractivity contribution in [3.8, 4) is 0 Å². The van der Waals surface area contributed by atoms with Gasteiger partial charge in [0.2, 0.25) is 0 Å². The predicted octanol–water partition coefficient (Wildman–Crippen LogP) is 2.60. The van der Waals surface area contributed by atoms with Gasteiger partial charge in [-0.1, -0.05) is 11.6 Å². The molecule has 2 rings (SSSR count). The lowest BCUT2D eigenvalue weighted by molar-refractivity contribution is 0.0942. The highest BCUT2D eigenvalue weighted by molar-refractivity contribution is 7.92. The Morgan fingerprint density at radius 3 is 2.58 bits per heavy atom. The smallest absolute Gasteiger partial charge is 0.264 e. The fourth-order valence-corrected chi connectivity index (χ4v) is 4.19. The molecule has 1 heterocycles. The molecule has 0 fully saturated rings. The lowest BCUT2D eigenvalue weighted by atomic mass is 10.3. The van der Waals surface area contributed by atoms with E-state index >= 15 is 0 Å². The van der Waals surface area contributed by atoms with E-state index in [1.54, 1.807) is 11.4 Å². The molecule has 1 aromatic heterocycles. The first-order valence-electron chi connectivity index (χ1n) is 6.97. The minimum atomic E-state index is -3.78. The number of rotatable bonds is 7. The van der Waals surface area contributed by atoms with Gasteiger partial charge < -0.3 is 10.1 Å². The Labute approximate surface area is 150 Å². The average molecular weight is 389 g/mol. The van der Waals surface area contributed by atoms with Crippen molar-refractivity contribution < 1.29 is 17.9 Å². The van der Waals surface area contributed by atoms with Crippen LogP contribution in [0.4, 0.5) is 5.69 Å². The van der Waals surface area contributed by atoms with E-state index in [0.29, 0.717) is 28.7 Å². The number of amides is 1. The molecule has 1 aromatic carbocycles. The molecule has 1 amide bonds. The summed E-state index contributed by atoms with van der Waals surface area (Å²) < 4.78 is 31.4. The van der Waals surface area contributed by atoms with E-state index in [1.165, 1.54) is 49.8 Å². The molecule has 0 spiro atoms. The van der Waals surface area contributed by atoms with E-state index in [9.17, 15) is 13.2 Å². The summed E-state index contributed by atoms with van der Waals surface area (Å²) in [6, 6.07) is 7.48. The second-order valence-electron chi connectivity index (χ2n) is 4.81. The third-order valence-corrected chi connectivity index (χ3v) is 6.19. The summed E-state index contributed by atoms with van der Waals surface area (Å²) in [7, 11) is -0.832. The van der Waals surface area contributed by atoms with Crippen LogP contribution < -0.4 is 9.62 Å². The van der Waals surface area contributed by atoms with E-state index in [2.05, 4.69) is 5.32 Å². The number of thiophene rings is 1. The highest BCUT2D eigenvalue weighted by Gasteiger charge is 2.26. The van der Waals surface area contributed by atoms with Gasteiger partial charge in [-0.15, -0.1) is 11.3 Å². The van der Waals surface area contributed by atoms with Crippen LogP contribution in [-0.2, 0) is 14.8 Å². The first-order valence-corrected chi connectivity index (χ1v) is 9.67. The lowest BCUT2D eigenvalue weighted by Crippen LogP contribution is -2.31. The van der Waals surface area contributed by atoms with E-state index in [-0.39, 0.29) is 10.8 Å². The van der Waals surface area contributed by atoms with Crippen molar-refractivity contribution in [3.05, 3.63) is 45.6 Å². The van der Waals surface area contributed by atoms with Crippen LogP contribution in [0.3, 0.4) is 0 Å². The van der Waals surface area contributed by atoms with Crippen LogP contribution in [0, 0.1) is 0 Å². The number of hydrogen-bond acceptors (Lipinski definition) is 5. The van der Waals surface area contributed by atoms with Gasteiger partial charge in [0.15, 0.2) is 0 Å². The summed E-state index contributed by atoms with van der Waals surface area (Å²) in [4.78, 5) is 12.6. The van der Waals surface area contributed by atoms with Gasteiger partial charge in [0.25, 0.3) is 15.9 Å². The van der Waals surface area contributed by atoms with Gasteiger partial charge in [-0.25, -0.2) is 8.42 Å². The summed E-state index contributed by atoms with van der Waals surface area (Å²) in [5.74, 6) is -0.338. The van der Waals surface area contributed by atoms with Crippen LogP contribution in [0.5, 0.6) is 0 Å². The van der Waals surface area contributed by atoms with Gasteiger partial charge in [-0.05, 0) is 35.7 Å². The van der Waals surface area contributed by atoms with Crippen molar-refractivity contribution in [2.24, 2.45) is 0 Å². The number of methoxy groups -OCH3 is 1. The van der Waals surface area contributed by atoms with Gasteiger partial charge in [0.05, 0.1) is 17.2 Å². The Morgan fingerprint density at radius 2 is 1.96 bits per heavy atom. The number of halogens is 1. The quantitative estimate of drug-likeness (QED) is 0.740. The summed E-state index contributed by atoms with van der Waals surface area (Å²) in [6.45, 7) is 0.728. The molecule has 130 valence electrons. The highest BCUT2D eigenvalue weighted by atomic mass is 35.5. The first kappa shape index (κ1) is 18.7. The minimum Gasteiger partial charge on any atom is -0.383 e.